The van der Waals surface area contributed by atoms with Crippen molar-refractivity contribution in [3.63, 3.8) is 0 Å². The van der Waals surface area contributed by atoms with Gasteiger partial charge < -0.3 is 14.8 Å². The number of carboxylic acid groups (broad SMARTS) is 1. The standard InChI is InChI=1S/C12H17NO3S2/c1-8-4-9(16-11(8)12(14)15)5-13-6-10-7-17-2-3-18-10/h4,10,13H,2-3,5-7H2,1H3,(H,14,15). The fourth-order valence-corrected chi connectivity index (χ4v) is 4.50. The first-order valence-electron chi connectivity index (χ1n) is 5.89. The summed E-state index contributed by atoms with van der Waals surface area (Å²) in [4.78, 5) is 10.8. The molecule has 1 atom stereocenters. The summed E-state index contributed by atoms with van der Waals surface area (Å²) in [6.07, 6.45) is 0. The summed E-state index contributed by atoms with van der Waals surface area (Å²) >= 11 is 4.00. The largest absolute Gasteiger partial charge is 0.475 e. The van der Waals surface area contributed by atoms with Crippen LogP contribution >= 0.6 is 23.5 Å². The van der Waals surface area contributed by atoms with Gasteiger partial charge in [-0.25, -0.2) is 4.79 Å². The summed E-state index contributed by atoms with van der Waals surface area (Å²) in [5.41, 5.74) is 0.682. The van der Waals surface area contributed by atoms with Gasteiger partial charge in [0, 0.05) is 34.6 Å². The highest BCUT2D eigenvalue weighted by molar-refractivity contribution is 8.06. The third kappa shape index (κ3) is 3.70. The van der Waals surface area contributed by atoms with E-state index in [9.17, 15) is 4.79 Å². The van der Waals surface area contributed by atoms with Crippen LogP contribution in [0, 0.1) is 6.92 Å². The Morgan fingerprint density at radius 2 is 2.44 bits per heavy atom. The Balaban J connectivity index is 1.79. The maximum absolute atomic E-state index is 10.8. The molecule has 2 heterocycles. The van der Waals surface area contributed by atoms with Gasteiger partial charge in [0.15, 0.2) is 0 Å². The number of hydrogen-bond donors (Lipinski definition) is 2. The zero-order valence-electron chi connectivity index (χ0n) is 10.3. The van der Waals surface area contributed by atoms with Gasteiger partial charge in [-0.1, -0.05) is 0 Å². The summed E-state index contributed by atoms with van der Waals surface area (Å²) in [5, 5.41) is 12.9. The molecule has 100 valence electrons. The van der Waals surface area contributed by atoms with Gasteiger partial charge in [-0.2, -0.15) is 23.5 Å². The molecule has 1 unspecified atom stereocenters. The van der Waals surface area contributed by atoms with Crippen molar-refractivity contribution < 1.29 is 14.3 Å². The zero-order valence-corrected chi connectivity index (χ0v) is 11.9. The van der Waals surface area contributed by atoms with Crippen molar-refractivity contribution in [3.8, 4) is 0 Å². The molecule has 0 aliphatic carbocycles. The number of aryl methyl sites for hydroxylation is 1. The molecule has 1 aliphatic heterocycles. The van der Waals surface area contributed by atoms with E-state index in [1.165, 1.54) is 17.3 Å². The average molecular weight is 287 g/mol. The van der Waals surface area contributed by atoms with Crippen LogP contribution in [0.2, 0.25) is 0 Å². The summed E-state index contributed by atoms with van der Waals surface area (Å²) < 4.78 is 5.29. The van der Waals surface area contributed by atoms with E-state index in [1.54, 1.807) is 13.0 Å². The van der Waals surface area contributed by atoms with Crippen LogP contribution < -0.4 is 5.32 Å². The Morgan fingerprint density at radius 1 is 1.61 bits per heavy atom. The van der Waals surface area contributed by atoms with Crippen molar-refractivity contribution in [2.24, 2.45) is 0 Å². The SMILES string of the molecule is Cc1cc(CNCC2CSCCS2)oc1C(=O)O. The molecule has 1 fully saturated rings. The van der Waals surface area contributed by atoms with E-state index in [0.717, 1.165) is 6.54 Å². The Kier molecular flexibility index (Phi) is 5.03. The van der Waals surface area contributed by atoms with Crippen LogP contribution in [-0.4, -0.2) is 40.1 Å². The highest BCUT2D eigenvalue weighted by Crippen LogP contribution is 2.23. The Bertz CT molecular complexity index is 413. The van der Waals surface area contributed by atoms with Gasteiger partial charge in [-0.05, 0) is 13.0 Å². The van der Waals surface area contributed by atoms with Crippen LogP contribution in [0.3, 0.4) is 0 Å². The van der Waals surface area contributed by atoms with Crippen LogP contribution in [0.1, 0.15) is 21.9 Å². The number of nitrogens with one attached hydrogen (secondary N) is 1. The number of aromatic carboxylic acids is 1. The minimum Gasteiger partial charge on any atom is -0.475 e. The lowest BCUT2D eigenvalue weighted by Gasteiger charge is -2.20. The lowest BCUT2D eigenvalue weighted by Crippen LogP contribution is -2.28. The topological polar surface area (TPSA) is 62.5 Å². The quantitative estimate of drug-likeness (QED) is 0.866. The zero-order chi connectivity index (χ0) is 13.0. The maximum atomic E-state index is 10.8. The number of hydrogen-bond acceptors (Lipinski definition) is 5. The van der Waals surface area contributed by atoms with Gasteiger partial charge >= 0.3 is 5.97 Å². The second kappa shape index (κ2) is 6.54. The van der Waals surface area contributed by atoms with E-state index < -0.39 is 5.97 Å². The minimum absolute atomic E-state index is 0.0504. The van der Waals surface area contributed by atoms with Gasteiger partial charge in [-0.15, -0.1) is 0 Å². The van der Waals surface area contributed by atoms with Crippen molar-refractivity contribution in [1.82, 2.24) is 5.32 Å². The van der Waals surface area contributed by atoms with E-state index in [1.807, 2.05) is 23.5 Å². The fraction of sp³-hybridized carbons (Fsp3) is 0.583. The summed E-state index contributed by atoms with van der Waals surface area (Å²) in [7, 11) is 0. The molecule has 18 heavy (non-hydrogen) atoms. The third-order valence-corrected chi connectivity index (χ3v) is 5.56. The van der Waals surface area contributed by atoms with Crippen LogP contribution in [0.5, 0.6) is 0 Å². The normalized spacial score (nSPS) is 19.9. The molecule has 0 amide bonds. The summed E-state index contributed by atoms with van der Waals surface area (Å²) in [6, 6.07) is 1.79. The van der Waals surface area contributed by atoms with Gasteiger partial charge in [0.2, 0.25) is 5.76 Å². The predicted molar refractivity (Wildman–Crippen MR) is 75.7 cm³/mol. The molecule has 0 radical (unpaired) electrons. The molecule has 0 bridgehead atoms. The Morgan fingerprint density at radius 3 is 3.06 bits per heavy atom. The van der Waals surface area contributed by atoms with Crippen LogP contribution in [-0.2, 0) is 6.54 Å². The van der Waals surface area contributed by atoms with Crippen molar-refractivity contribution >= 4 is 29.5 Å². The lowest BCUT2D eigenvalue weighted by molar-refractivity contribution is 0.0659. The van der Waals surface area contributed by atoms with Crippen molar-refractivity contribution in [2.45, 2.75) is 18.7 Å². The van der Waals surface area contributed by atoms with Gasteiger partial charge in [-0.3, -0.25) is 0 Å². The lowest BCUT2D eigenvalue weighted by atomic mass is 10.2. The second-order valence-electron chi connectivity index (χ2n) is 4.23. The van der Waals surface area contributed by atoms with Gasteiger partial charge in [0.05, 0.1) is 6.54 Å². The molecule has 6 heteroatoms. The summed E-state index contributed by atoms with van der Waals surface area (Å²) in [5.74, 6) is 3.40. The third-order valence-electron chi connectivity index (χ3n) is 2.72. The van der Waals surface area contributed by atoms with Crippen LogP contribution in [0.4, 0.5) is 0 Å². The van der Waals surface area contributed by atoms with Crippen LogP contribution in [0.25, 0.3) is 0 Å². The summed E-state index contributed by atoms with van der Waals surface area (Å²) in [6.45, 7) is 3.29. The molecule has 0 aromatic carbocycles. The number of thioether (sulfide) groups is 2. The second-order valence-corrected chi connectivity index (χ2v) is 6.79. The molecule has 2 N–H and O–H groups in total. The smallest absolute Gasteiger partial charge is 0.372 e. The molecular weight excluding hydrogens is 270 g/mol. The number of furan rings is 1. The predicted octanol–water partition coefficient (Wildman–Crippen LogP) is 2.22. The van der Waals surface area contributed by atoms with Crippen LogP contribution in [0.15, 0.2) is 10.5 Å². The molecule has 4 nitrogen and oxygen atoms in total. The molecule has 1 aromatic heterocycles. The fourth-order valence-electron chi connectivity index (χ4n) is 1.86. The van der Waals surface area contributed by atoms with Gasteiger partial charge in [0.25, 0.3) is 0 Å². The van der Waals surface area contributed by atoms with E-state index in [2.05, 4.69) is 5.32 Å². The van der Waals surface area contributed by atoms with E-state index in [-0.39, 0.29) is 5.76 Å². The molecule has 0 saturated carbocycles. The first-order valence-corrected chi connectivity index (χ1v) is 8.10. The van der Waals surface area contributed by atoms with Crippen molar-refractivity contribution in [3.05, 3.63) is 23.2 Å². The number of carbonyl (C=O) groups is 1. The highest BCUT2D eigenvalue weighted by Gasteiger charge is 2.16. The Labute approximate surface area is 115 Å². The monoisotopic (exact) mass is 287 g/mol. The number of carboxylic acids is 1. The molecule has 1 aliphatic rings. The van der Waals surface area contributed by atoms with E-state index in [0.29, 0.717) is 23.1 Å². The van der Waals surface area contributed by atoms with E-state index >= 15 is 0 Å². The number of rotatable bonds is 5. The first kappa shape index (κ1) is 13.8. The Hall–Kier alpha value is -0.590. The molecule has 1 saturated heterocycles. The van der Waals surface area contributed by atoms with E-state index in [4.69, 9.17) is 9.52 Å². The van der Waals surface area contributed by atoms with Crippen molar-refractivity contribution in [1.29, 1.82) is 0 Å². The molecular formula is C12H17NO3S2. The molecule has 0 spiro atoms. The molecule has 1 aromatic rings. The van der Waals surface area contributed by atoms with Crippen molar-refractivity contribution in [2.75, 3.05) is 23.8 Å². The van der Waals surface area contributed by atoms with Gasteiger partial charge in [0.1, 0.15) is 5.76 Å². The maximum Gasteiger partial charge on any atom is 0.372 e. The average Bonchev–Trinajstić information content (AvgIpc) is 2.72. The first-order chi connectivity index (χ1) is 8.66. The highest BCUT2D eigenvalue weighted by atomic mass is 32.2. The minimum atomic E-state index is -1.00. The molecule has 2 rings (SSSR count).